The van der Waals surface area contributed by atoms with Gasteiger partial charge in [-0.25, -0.2) is 9.45 Å². The normalized spacial score (nSPS) is 10.6. The Hall–Kier alpha value is -0.443. The summed E-state index contributed by atoms with van der Waals surface area (Å²) in [5.74, 6) is 0. The maximum atomic E-state index is 9.76. The summed E-state index contributed by atoms with van der Waals surface area (Å²) in [5.41, 5.74) is 0. The molecule has 0 aromatic heterocycles. The van der Waals surface area contributed by atoms with E-state index in [9.17, 15) is 4.79 Å². The lowest BCUT2D eigenvalue weighted by Gasteiger charge is -2.12. The van der Waals surface area contributed by atoms with E-state index in [0.717, 1.165) is 0 Å². The van der Waals surface area contributed by atoms with Gasteiger partial charge in [-0.15, -0.1) is 0 Å². The Labute approximate surface area is 56.0 Å². The van der Waals surface area contributed by atoms with Crippen LogP contribution in [0.5, 0.6) is 0 Å². The molecule has 0 saturated heterocycles. The topological polar surface area (TPSA) is 38.7 Å². The molecule has 0 aliphatic carbocycles. The van der Waals surface area contributed by atoms with Crippen molar-refractivity contribution < 1.29 is 9.22 Å². The van der Waals surface area contributed by atoms with Crippen molar-refractivity contribution in [3.8, 4) is 0 Å². The summed E-state index contributed by atoms with van der Waals surface area (Å²) < 4.78 is 8.74. The third kappa shape index (κ3) is 4.09. The number of hydrogen-bond donors (Lipinski definition) is 0. The second-order valence-electron chi connectivity index (χ2n) is 2.08. The summed E-state index contributed by atoms with van der Waals surface area (Å²) in [4.78, 5) is 9.76. The van der Waals surface area contributed by atoms with Gasteiger partial charge in [0.2, 0.25) is 6.08 Å². The van der Waals surface area contributed by atoms with E-state index in [2.05, 4.69) is 4.66 Å². The van der Waals surface area contributed by atoms with Crippen LogP contribution in [0.2, 0.25) is 13.1 Å². The number of nitrogens with zero attached hydrogens (tertiary/aromatic N) is 1. The van der Waals surface area contributed by atoms with Crippen LogP contribution in [0.15, 0.2) is 4.66 Å². The van der Waals surface area contributed by atoms with E-state index in [1.54, 1.807) is 0 Å². The van der Waals surface area contributed by atoms with Crippen LogP contribution >= 0.6 is 0 Å². The first-order valence-electron chi connectivity index (χ1n) is 2.85. The van der Waals surface area contributed by atoms with Gasteiger partial charge in [-0.3, -0.25) is 0 Å². The number of isocyanates is 1. The Bertz CT molecular complexity index is 129. The Morgan fingerprint density at radius 3 is 2.56 bits per heavy atom. The van der Waals surface area contributed by atoms with Crippen LogP contribution in [0.1, 0.15) is 6.92 Å². The van der Waals surface area contributed by atoms with E-state index in [-0.39, 0.29) is 0 Å². The lowest BCUT2D eigenvalue weighted by Crippen LogP contribution is -2.27. The van der Waals surface area contributed by atoms with Gasteiger partial charge in [0.05, 0.1) is 0 Å². The molecular formula is C5H11NO2Si. The minimum Gasteiger partial charge on any atom is -0.398 e. The first-order valence-corrected chi connectivity index (χ1v) is 5.71. The summed E-state index contributed by atoms with van der Waals surface area (Å²) in [7, 11) is -2.00. The van der Waals surface area contributed by atoms with Gasteiger partial charge in [0.15, 0.2) is 0 Å². The van der Waals surface area contributed by atoms with E-state index in [0.29, 0.717) is 6.61 Å². The molecule has 0 N–H and O–H groups in total. The van der Waals surface area contributed by atoms with Crippen molar-refractivity contribution in [3.63, 3.8) is 0 Å². The molecule has 0 radical (unpaired) electrons. The molecule has 0 heterocycles. The van der Waals surface area contributed by atoms with Crippen molar-refractivity contribution in [1.29, 1.82) is 0 Å². The smallest absolute Gasteiger partial charge is 0.327 e. The standard InChI is InChI=1S/C5H11NO2Si/c1-4-8-9(2,3)6-5-7/h4H2,1-3H3. The molecule has 0 atom stereocenters. The largest absolute Gasteiger partial charge is 0.398 e. The Morgan fingerprint density at radius 2 is 2.22 bits per heavy atom. The molecule has 3 nitrogen and oxygen atoms in total. The molecule has 0 rings (SSSR count). The average molecular weight is 145 g/mol. The highest BCUT2D eigenvalue weighted by Crippen LogP contribution is 2.02. The van der Waals surface area contributed by atoms with Crippen molar-refractivity contribution in [2.75, 3.05) is 6.61 Å². The summed E-state index contributed by atoms with van der Waals surface area (Å²) in [5, 5.41) is 0. The predicted molar refractivity (Wildman–Crippen MR) is 37.2 cm³/mol. The van der Waals surface area contributed by atoms with Crippen LogP contribution in [-0.2, 0) is 9.22 Å². The van der Waals surface area contributed by atoms with Crippen molar-refractivity contribution >= 4 is 14.6 Å². The predicted octanol–water partition coefficient (Wildman–Crippen LogP) is 1.06. The van der Waals surface area contributed by atoms with E-state index < -0.39 is 8.48 Å². The van der Waals surface area contributed by atoms with Gasteiger partial charge in [0.1, 0.15) is 0 Å². The van der Waals surface area contributed by atoms with Gasteiger partial charge in [-0.05, 0) is 20.0 Å². The van der Waals surface area contributed by atoms with Crippen molar-refractivity contribution in [2.45, 2.75) is 20.0 Å². The summed E-state index contributed by atoms with van der Waals surface area (Å²) in [6.07, 6.45) is 1.50. The Balaban J connectivity index is 3.85. The monoisotopic (exact) mass is 145 g/mol. The van der Waals surface area contributed by atoms with Gasteiger partial charge in [0.25, 0.3) is 0 Å². The molecule has 0 spiro atoms. The number of rotatable bonds is 3. The molecule has 0 bridgehead atoms. The zero-order chi connectivity index (χ0) is 7.33. The minimum atomic E-state index is -2.00. The molecule has 0 fully saturated rings. The van der Waals surface area contributed by atoms with Crippen LogP contribution in [0.3, 0.4) is 0 Å². The number of carbonyl (C=O) groups excluding carboxylic acids is 1. The molecule has 0 aromatic carbocycles. The molecule has 52 valence electrons. The molecule has 0 aliphatic rings. The minimum absolute atomic E-state index is 0.615. The molecule has 0 amide bonds. The Morgan fingerprint density at radius 1 is 1.67 bits per heavy atom. The summed E-state index contributed by atoms with van der Waals surface area (Å²) >= 11 is 0. The lowest BCUT2D eigenvalue weighted by molar-refractivity contribution is 0.330. The van der Waals surface area contributed by atoms with Crippen LogP contribution in [0.25, 0.3) is 0 Å². The second-order valence-corrected chi connectivity index (χ2v) is 5.49. The molecule has 9 heavy (non-hydrogen) atoms. The van der Waals surface area contributed by atoms with E-state index >= 15 is 0 Å². The fourth-order valence-electron chi connectivity index (χ4n) is 0.495. The zero-order valence-electron chi connectivity index (χ0n) is 5.97. The highest BCUT2D eigenvalue weighted by atomic mass is 28.4. The van der Waals surface area contributed by atoms with Crippen LogP contribution in [0, 0.1) is 0 Å². The molecule has 4 heteroatoms. The SMILES string of the molecule is CCO[Si](C)(C)N=C=O. The lowest BCUT2D eigenvalue weighted by atomic mass is 10.9. The van der Waals surface area contributed by atoms with Gasteiger partial charge in [-0.2, -0.15) is 0 Å². The average Bonchev–Trinajstić information content (AvgIpc) is 1.64. The summed E-state index contributed by atoms with van der Waals surface area (Å²) in [6.45, 7) is 6.20. The Kier molecular flexibility index (Phi) is 3.38. The quantitative estimate of drug-likeness (QED) is 0.338. The maximum absolute atomic E-state index is 9.76. The molecular weight excluding hydrogens is 134 g/mol. The van der Waals surface area contributed by atoms with E-state index in [1.165, 1.54) is 6.08 Å². The molecule has 0 aliphatic heterocycles. The number of hydrogen-bond acceptors (Lipinski definition) is 3. The molecule has 0 aromatic rings. The van der Waals surface area contributed by atoms with E-state index in [4.69, 9.17) is 4.43 Å². The van der Waals surface area contributed by atoms with Gasteiger partial charge >= 0.3 is 8.48 Å². The highest BCUT2D eigenvalue weighted by molar-refractivity contribution is 6.70. The second kappa shape index (κ2) is 3.56. The van der Waals surface area contributed by atoms with Crippen molar-refractivity contribution in [3.05, 3.63) is 0 Å². The third-order valence-electron chi connectivity index (χ3n) is 0.812. The highest BCUT2D eigenvalue weighted by Gasteiger charge is 2.20. The van der Waals surface area contributed by atoms with Gasteiger partial charge < -0.3 is 4.43 Å². The van der Waals surface area contributed by atoms with Gasteiger partial charge in [-0.1, -0.05) is 0 Å². The third-order valence-corrected chi connectivity index (χ3v) is 2.44. The fourth-order valence-corrected chi connectivity index (χ4v) is 1.49. The van der Waals surface area contributed by atoms with Crippen molar-refractivity contribution in [2.24, 2.45) is 4.66 Å². The van der Waals surface area contributed by atoms with Crippen LogP contribution in [-0.4, -0.2) is 21.2 Å². The first-order chi connectivity index (χ1) is 4.12. The van der Waals surface area contributed by atoms with Crippen molar-refractivity contribution in [1.82, 2.24) is 0 Å². The summed E-state index contributed by atoms with van der Waals surface area (Å²) in [6, 6.07) is 0. The molecule has 0 saturated carbocycles. The zero-order valence-corrected chi connectivity index (χ0v) is 6.97. The maximum Gasteiger partial charge on any atom is 0.327 e. The van der Waals surface area contributed by atoms with Crippen LogP contribution in [0.4, 0.5) is 0 Å². The van der Waals surface area contributed by atoms with Crippen LogP contribution < -0.4 is 0 Å². The molecule has 0 unspecified atom stereocenters. The van der Waals surface area contributed by atoms with Gasteiger partial charge in [0, 0.05) is 6.61 Å². The fraction of sp³-hybridized carbons (Fsp3) is 0.800. The van der Waals surface area contributed by atoms with E-state index in [1.807, 2.05) is 20.0 Å². The first kappa shape index (κ1) is 8.56.